The van der Waals surface area contributed by atoms with Crippen molar-refractivity contribution in [2.75, 3.05) is 20.8 Å². The van der Waals surface area contributed by atoms with Crippen LogP contribution in [0.25, 0.3) is 0 Å². The van der Waals surface area contributed by atoms with Crippen molar-refractivity contribution in [3.63, 3.8) is 0 Å². The Labute approximate surface area is 94.2 Å². The summed E-state index contributed by atoms with van der Waals surface area (Å²) in [4.78, 5) is 11.1. The molecule has 0 saturated carbocycles. The maximum Gasteiger partial charge on any atom is 0.337 e. The molecule has 0 amide bonds. The number of carbonyl (C=O) groups is 1. The molecule has 0 spiro atoms. The predicted molar refractivity (Wildman–Crippen MR) is 58.1 cm³/mol. The summed E-state index contributed by atoms with van der Waals surface area (Å²) in [6.45, 7) is 0.375. The number of hydrogen-bond acceptors (Lipinski definition) is 3. The second-order valence-corrected chi connectivity index (χ2v) is 3.36. The van der Waals surface area contributed by atoms with Crippen LogP contribution in [0.2, 0.25) is 0 Å². The van der Waals surface area contributed by atoms with Gasteiger partial charge in [0.15, 0.2) is 0 Å². The van der Waals surface area contributed by atoms with Crippen molar-refractivity contribution in [2.24, 2.45) is 0 Å². The van der Waals surface area contributed by atoms with Crippen molar-refractivity contribution in [3.8, 4) is 0 Å². The fraction of sp³-hybridized carbons (Fsp3) is 0.417. The van der Waals surface area contributed by atoms with E-state index in [2.05, 4.69) is 4.74 Å². The third-order valence-corrected chi connectivity index (χ3v) is 2.27. The Kier molecular flexibility index (Phi) is 4.92. The lowest BCUT2D eigenvalue weighted by molar-refractivity contribution is 0.0600. The highest BCUT2D eigenvalue weighted by Crippen LogP contribution is 2.21. The van der Waals surface area contributed by atoms with E-state index < -0.39 is 12.1 Å². The van der Waals surface area contributed by atoms with Crippen LogP contribution in [0, 0.1) is 0 Å². The molecular formula is C12H15FO3. The Morgan fingerprint density at radius 2 is 1.94 bits per heavy atom. The van der Waals surface area contributed by atoms with Gasteiger partial charge in [0.1, 0.15) is 6.17 Å². The van der Waals surface area contributed by atoms with Crippen LogP contribution >= 0.6 is 0 Å². The third-order valence-electron chi connectivity index (χ3n) is 2.27. The number of benzene rings is 1. The molecule has 0 aliphatic rings. The Morgan fingerprint density at radius 3 is 2.44 bits per heavy atom. The Bertz CT molecular complexity index is 335. The molecule has 0 N–H and O–H groups in total. The van der Waals surface area contributed by atoms with Gasteiger partial charge in [-0.1, -0.05) is 12.1 Å². The van der Waals surface area contributed by atoms with Gasteiger partial charge in [-0.3, -0.25) is 0 Å². The minimum absolute atomic E-state index is 0.314. The smallest absolute Gasteiger partial charge is 0.337 e. The molecule has 0 fully saturated rings. The van der Waals surface area contributed by atoms with E-state index in [1.54, 1.807) is 24.3 Å². The van der Waals surface area contributed by atoms with Gasteiger partial charge in [-0.25, -0.2) is 9.18 Å². The van der Waals surface area contributed by atoms with Gasteiger partial charge in [0, 0.05) is 20.1 Å². The lowest BCUT2D eigenvalue weighted by Crippen LogP contribution is -2.02. The standard InChI is InChI=1S/C12H15FO3/c1-15-8-7-11(13)9-3-5-10(6-4-9)12(14)16-2/h3-6,11H,7-8H2,1-2H3. The Hall–Kier alpha value is -1.42. The zero-order chi connectivity index (χ0) is 12.0. The number of halogens is 1. The third kappa shape index (κ3) is 3.31. The first-order chi connectivity index (χ1) is 7.69. The molecule has 0 bridgehead atoms. The average molecular weight is 226 g/mol. The number of hydrogen-bond donors (Lipinski definition) is 0. The van der Waals surface area contributed by atoms with Crippen LogP contribution in [0.15, 0.2) is 24.3 Å². The van der Waals surface area contributed by atoms with Crippen LogP contribution in [0.4, 0.5) is 4.39 Å². The molecule has 1 aromatic rings. The molecule has 16 heavy (non-hydrogen) atoms. The summed E-state index contributed by atoms with van der Waals surface area (Å²) < 4.78 is 22.9. The molecule has 0 radical (unpaired) electrons. The summed E-state index contributed by atoms with van der Waals surface area (Å²) >= 11 is 0. The quantitative estimate of drug-likeness (QED) is 0.724. The number of ether oxygens (including phenoxy) is 2. The van der Waals surface area contributed by atoms with Crippen molar-refractivity contribution in [1.29, 1.82) is 0 Å². The number of methoxy groups -OCH3 is 2. The molecule has 0 aliphatic heterocycles. The molecule has 4 heteroatoms. The topological polar surface area (TPSA) is 35.5 Å². The van der Waals surface area contributed by atoms with Gasteiger partial charge < -0.3 is 9.47 Å². The predicted octanol–water partition coefficient (Wildman–Crippen LogP) is 2.52. The highest BCUT2D eigenvalue weighted by Gasteiger charge is 2.11. The van der Waals surface area contributed by atoms with E-state index in [0.29, 0.717) is 24.2 Å². The lowest BCUT2D eigenvalue weighted by atomic mass is 10.1. The van der Waals surface area contributed by atoms with Gasteiger partial charge in [0.05, 0.1) is 12.7 Å². The van der Waals surface area contributed by atoms with Crippen molar-refractivity contribution < 1.29 is 18.7 Å². The Balaban J connectivity index is 2.67. The molecule has 0 aliphatic carbocycles. The second kappa shape index (κ2) is 6.23. The second-order valence-electron chi connectivity index (χ2n) is 3.36. The van der Waals surface area contributed by atoms with Crippen LogP contribution in [0.3, 0.4) is 0 Å². The van der Waals surface area contributed by atoms with E-state index in [1.807, 2.05) is 0 Å². The Morgan fingerprint density at radius 1 is 1.31 bits per heavy atom. The van der Waals surface area contributed by atoms with Crippen LogP contribution in [0.1, 0.15) is 28.5 Å². The molecule has 3 nitrogen and oxygen atoms in total. The molecule has 0 saturated heterocycles. The first kappa shape index (κ1) is 12.6. The zero-order valence-electron chi connectivity index (χ0n) is 9.40. The number of esters is 1. The molecule has 0 heterocycles. The van der Waals surface area contributed by atoms with E-state index >= 15 is 0 Å². The summed E-state index contributed by atoms with van der Waals surface area (Å²) in [5, 5.41) is 0. The number of alkyl halides is 1. The van der Waals surface area contributed by atoms with Crippen molar-refractivity contribution in [3.05, 3.63) is 35.4 Å². The fourth-order valence-corrected chi connectivity index (χ4v) is 1.33. The zero-order valence-corrected chi connectivity index (χ0v) is 9.40. The highest BCUT2D eigenvalue weighted by molar-refractivity contribution is 5.89. The maximum absolute atomic E-state index is 13.5. The number of carbonyl (C=O) groups excluding carboxylic acids is 1. The largest absolute Gasteiger partial charge is 0.465 e. The van der Waals surface area contributed by atoms with Gasteiger partial charge in [-0.15, -0.1) is 0 Å². The van der Waals surface area contributed by atoms with Crippen LogP contribution in [-0.2, 0) is 9.47 Å². The normalized spacial score (nSPS) is 12.2. The van der Waals surface area contributed by atoms with Gasteiger partial charge >= 0.3 is 5.97 Å². The van der Waals surface area contributed by atoms with Crippen LogP contribution in [0.5, 0.6) is 0 Å². The summed E-state index contributed by atoms with van der Waals surface area (Å²) in [7, 11) is 2.85. The minimum atomic E-state index is -1.06. The van der Waals surface area contributed by atoms with E-state index in [0.717, 1.165) is 0 Å². The first-order valence-electron chi connectivity index (χ1n) is 5.00. The van der Waals surface area contributed by atoms with Gasteiger partial charge in [-0.05, 0) is 17.7 Å². The first-order valence-corrected chi connectivity index (χ1v) is 5.00. The van der Waals surface area contributed by atoms with Gasteiger partial charge in [0.25, 0.3) is 0 Å². The molecular weight excluding hydrogens is 211 g/mol. The minimum Gasteiger partial charge on any atom is -0.465 e. The summed E-state index contributed by atoms with van der Waals surface area (Å²) in [5.41, 5.74) is 0.967. The van der Waals surface area contributed by atoms with Gasteiger partial charge in [0.2, 0.25) is 0 Å². The van der Waals surface area contributed by atoms with E-state index in [1.165, 1.54) is 14.2 Å². The van der Waals surface area contributed by atoms with E-state index in [9.17, 15) is 9.18 Å². The molecule has 1 aromatic carbocycles. The van der Waals surface area contributed by atoms with Crippen molar-refractivity contribution >= 4 is 5.97 Å². The van der Waals surface area contributed by atoms with Crippen LogP contribution in [-0.4, -0.2) is 26.8 Å². The molecule has 88 valence electrons. The summed E-state index contributed by atoms with van der Waals surface area (Å²) in [6, 6.07) is 6.29. The fourth-order valence-electron chi connectivity index (χ4n) is 1.33. The van der Waals surface area contributed by atoms with Crippen LogP contribution < -0.4 is 0 Å². The van der Waals surface area contributed by atoms with Crippen molar-refractivity contribution in [1.82, 2.24) is 0 Å². The summed E-state index contributed by atoms with van der Waals surface area (Å²) in [5.74, 6) is -0.418. The van der Waals surface area contributed by atoms with Gasteiger partial charge in [-0.2, -0.15) is 0 Å². The summed E-state index contributed by atoms with van der Waals surface area (Å²) in [6.07, 6.45) is -0.750. The average Bonchev–Trinajstić information content (AvgIpc) is 2.35. The molecule has 0 aromatic heterocycles. The monoisotopic (exact) mass is 226 g/mol. The van der Waals surface area contributed by atoms with Crippen molar-refractivity contribution in [2.45, 2.75) is 12.6 Å². The van der Waals surface area contributed by atoms with E-state index in [-0.39, 0.29) is 0 Å². The lowest BCUT2D eigenvalue weighted by Gasteiger charge is -2.08. The van der Waals surface area contributed by atoms with E-state index in [4.69, 9.17) is 4.74 Å². The maximum atomic E-state index is 13.5. The molecule has 1 rings (SSSR count). The molecule has 1 atom stereocenters. The molecule has 1 unspecified atom stereocenters. The highest BCUT2D eigenvalue weighted by atomic mass is 19.1. The SMILES string of the molecule is COCCC(F)c1ccc(C(=O)OC)cc1. The number of rotatable bonds is 5.